The number of nitrogens with zero attached hydrogens (tertiary/aromatic N) is 5. The number of anilines is 1. The minimum atomic E-state index is -2.86. The molecule has 41 heavy (non-hydrogen) atoms. The van der Waals surface area contributed by atoms with Crippen LogP contribution in [0.5, 0.6) is 5.75 Å². The number of halogens is 3. The van der Waals surface area contributed by atoms with Crippen molar-refractivity contribution in [3.8, 4) is 16.9 Å². The summed E-state index contributed by atoms with van der Waals surface area (Å²) in [6, 6.07) is 7.93. The van der Waals surface area contributed by atoms with Crippen LogP contribution in [0.1, 0.15) is 50.5 Å². The van der Waals surface area contributed by atoms with Crippen LogP contribution in [0.4, 0.5) is 14.5 Å². The smallest absolute Gasteiger partial charge is 0.280 e. The van der Waals surface area contributed by atoms with Gasteiger partial charge in [-0.1, -0.05) is 11.6 Å². The molecule has 14 heteroatoms. The molecule has 0 saturated heterocycles. The van der Waals surface area contributed by atoms with E-state index in [2.05, 4.69) is 20.5 Å². The van der Waals surface area contributed by atoms with Crippen molar-refractivity contribution in [1.82, 2.24) is 24.5 Å². The Balaban J connectivity index is 1.51. The van der Waals surface area contributed by atoms with Gasteiger partial charge in [0, 0.05) is 34.4 Å². The van der Waals surface area contributed by atoms with Gasteiger partial charge in [0.25, 0.3) is 18.2 Å². The predicted octanol–water partition coefficient (Wildman–Crippen LogP) is 5.97. The number of fused-ring (bicyclic) bond motifs is 1. The Kier molecular flexibility index (Phi) is 7.74. The fourth-order valence-electron chi connectivity index (χ4n) is 4.41. The zero-order chi connectivity index (χ0) is 29.4. The van der Waals surface area contributed by atoms with Gasteiger partial charge in [-0.05, 0) is 62.2 Å². The number of carbonyl (C=O) groups excluding carboxylic acids is 2. The topological polar surface area (TPSA) is 130 Å². The number of ether oxygens (including phenoxy) is 1. The maximum Gasteiger partial charge on any atom is 0.280 e. The lowest BCUT2D eigenvalue weighted by molar-refractivity contribution is 0.100. The molecule has 0 unspecified atom stereocenters. The van der Waals surface area contributed by atoms with Crippen molar-refractivity contribution in [1.29, 1.82) is 0 Å². The Labute approximate surface area is 241 Å². The van der Waals surface area contributed by atoms with E-state index in [1.54, 1.807) is 42.2 Å². The number of hydrogen-bond acceptors (Lipinski definition) is 7. The van der Waals surface area contributed by atoms with E-state index in [1.165, 1.54) is 16.8 Å². The molecular formula is C27H24ClF2N7O3S. The minimum absolute atomic E-state index is 0.0227. The molecule has 4 heterocycles. The van der Waals surface area contributed by atoms with Gasteiger partial charge in [0.2, 0.25) is 0 Å². The van der Waals surface area contributed by atoms with E-state index in [0.29, 0.717) is 33.8 Å². The first-order chi connectivity index (χ1) is 19.6. The molecule has 0 aliphatic heterocycles. The van der Waals surface area contributed by atoms with E-state index < -0.39 is 23.9 Å². The van der Waals surface area contributed by atoms with Gasteiger partial charge in [0.15, 0.2) is 12.4 Å². The fraction of sp³-hybridized carbons (Fsp3) is 0.222. The maximum atomic E-state index is 13.8. The van der Waals surface area contributed by atoms with E-state index in [9.17, 15) is 18.4 Å². The maximum absolute atomic E-state index is 13.8. The summed E-state index contributed by atoms with van der Waals surface area (Å²) in [7, 11) is 0. The number of nitrogens with two attached hydrogens (primary N) is 1. The van der Waals surface area contributed by atoms with E-state index >= 15 is 0 Å². The van der Waals surface area contributed by atoms with Crippen molar-refractivity contribution in [2.24, 2.45) is 5.73 Å². The first kappa shape index (κ1) is 28.2. The number of rotatable bonds is 9. The normalized spacial score (nSPS) is 11.4. The molecule has 1 aromatic carbocycles. The number of thiophene rings is 1. The van der Waals surface area contributed by atoms with E-state index in [1.807, 2.05) is 13.8 Å². The number of aryl methyl sites for hydroxylation is 2. The van der Waals surface area contributed by atoms with Crippen molar-refractivity contribution in [3.63, 3.8) is 0 Å². The van der Waals surface area contributed by atoms with Crippen LogP contribution < -0.4 is 15.8 Å². The van der Waals surface area contributed by atoms with Crippen LogP contribution in [0.2, 0.25) is 5.02 Å². The Morgan fingerprint density at radius 1 is 1.20 bits per heavy atom. The Hall–Kier alpha value is -4.36. The molecule has 0 aliphatic rings. The molecule has 0 radical (unpaired) electrons. The van der Waals surface area contributed by atoms with Gasteiger partial charge < -0.3 is 15.8 Å². The quantitative estimate of drug-likeness (QED) is 0.215. The van der Waals surface area contributed by atoms with E-state index in [4.69, 9.17) is 22.1 Å². The second kappa shape index (κ2) is 11.3. The highest BCUT2D eigenvalue weighted by molar-refractivity contribution is 7.21. The molecule has 2 amide bonds. The number of pyridine rings is 1. The molecule has 0 fully saturated rings. The molecule has 10 nitrogen and oxygen atoms in total. The number of carbonyl (C=O) groups is 2. The Morgan fingerprint density at radius 2 is 1.98 bits per heavy atom. The third kappa shape index (κ3) is 5.50. The summed E-state index contributed by atoms with van der Waals surface area (Å²) < 4.78 is 36.5. The van der Waals surface area contributed by atoms with E-state index in [-0.39, 0.29) is 27.8 Å². The average Bonchev–Trinajstić information content (AvgIpc) is 3.65. The summed E-state index contributed by atoms with van der Waals surface area (Å²) in [4.78, 5) is 29.9. The number of primary amides is 1. The van der Waals surface area contributed by atoms with Gasteiger partial charge >= 0.3 is 0 Å². The monoisotopic (exact) mass is 599 g/mol. The van der Waals surface area contributed by atoms with Crippen LogP contribution in [-0.2, 0) is 13.3 Å². The molecule has 5 rings (SSSR count). The summed E-state index contributed by atoms with van der Waals surface area (Å²) in [5, 5.41) is 12.2. The predicted molar refractivity (Wildman–Crippen MR) is 152 cm³/mol. The molecular weight excluding hydrogens is 576 g/mol. The number of amides is 2. The first-order valence-corrected chi connectivity index (χ1v) is 13.6. The van der Waals surface area contributed by atoms with Crippen molar-refractivity contribution < 1.29 is 23.1 Å². The van der Waals surface area contributed by atoms with Crippen molar-refractivity contribution in [2.75, 3.05) is 5.32 Å². The second-order valence-electron chi connectivity index (χ2n) is 9.08. The molecule has 212 valence electrons. The number of aromatic nitrogens is 5. The second-order valence-corrected chi connectivity index (χ2v) is 10.5. The van der Waals surface area contributed by atoms with Crippen molar-refractivity contribution in [2.45, 2.75) is 40.5 Å². The number of nitrogens with one attached hydrogen (secondary N) is 1. The lowest BCUT2D eigenvalue weighted by atomic mass is 10.0. The van der Waals surface area contributed by atoms with E-state index in [0.717, 1.165) is 22.6 Å². The van der Waals surface area contributed by atoms with Crippen LogP contribution in [0.15, 0.2) is 42.7 Å². The molecule has 4 aromatic heterocycles. The molecule has 0 bridgehead atoms. The van der Waals surface area contributed by atoms with Crippen LogP contribution in [0.25, 0.3) is 21.3 Å². The summed E-state index contributed by atoms with van der Waals surface area (Å²) in [5.74, 6) is -0.874. The minimum Gasteiger partial charge on any atom is -0.471 e. The number of benzene rings is 1. The summed E-state index contributed by atoms with van der Waals surface area (Å²) >= 11 is 6.82. The summed E-state index contributed by atoms with van der Waals surface area (Å²) in [5.41, 5.74) is 7.73. The first-order valence-electron chi connectivity index (χ1n) is 12.4. The number of alkyl halides is 2. The third-order valence-electron chi connectivity index (χ3n) is 6.42. The lowest BCUT2D eigenvalue weighted by Crippen LogP contribution is -2.18. The van der Waals surface area contributed by atoms with Gasteiger partial charge in [-0.3, -0.25) is 14.3 Å². The van der Waals surface area contributed by atoms with Crippen molar-refractivity contribution >= 4 is 50.7 Å². The molecule has 0 saturated carbocycles. The SMILES string of the molecule is CCn1ncc(-c2cc(C(F)F)nc3sc(C(N)=O)c(NC(=O)c4ccn(COc5ccc(Cl)cc5C)n4)c23)c1C. The van der Waals surface area contributed by atoms with Crippen LogP contribution in [0.3, 0.4) is 0 Å². The van der Waals surface area contributed by atoms with Gasteiger partial charge in [-0.25, -0.2) is 18.4 Å². The summed E-state index contributed by atoms with van der Waals surface area (Å²) in [6.07, 6.45) is 0.255. The van der Waals surface area contributed by atoms with Gasteiger partial charge in [0.05, 0.1) is 11.9 Å². The third-order valence-corrected chi connectivity index (χ3v) is 7.76. The highest BCUT2D eigenvalue weighted by Gasteiger charge is 2.27. The molecule has 0 aliphatic carbocycles. The average molecular weight is 600 g/mol. The Bertz CT molecular complexity index is 1800. The zero-order valence-corrected chi connectivity index (χ0v) is 23.7. The Morgan fingerprint density at radius 3 is 2.63 bits per heavy atom. The van der Waals surface area contributed by atoms with Crippen LogP contribution in [-0.4, -0.2) is 36.4 Å². The highest BCUT2D eigenvalue weighted by Crippen LogP contribution is 2.43. The van der Waals surface area contributed by atoms with Crippen LogP contribution in [0, 0.1) is 13.8 Å². The molecule has 0 spiro atoms. The van der Waals surface area contributed by atoms with Gasteiger partial charge in [-0.15, -0.1) is 11.3 Å². The molecule has 0 atom stereocenters. The molecule has 5 aromatic rings. The van der Waals surface area contributed by atoms with Gasteiger partial charge in [-0.2, -0.15) is 10.2 Å². The largest absolute Gasteiger partial charge is 0.471 e. The van der Waals surface area contributed by atoms with Gasteiger partial charge in [0.1, 0.15) is 21.2 Å². The van der Waals surface area contributed by atoms with Crippen LogP contribution >= 0.6 is 22.9 Å². The fourth-order valence-corrected chi connectivity index (χ4v) is 5.65. The molecule has 3 N–H and O–H groups in total. The highest BCUT2D eigenvalue weighted by atomic mass is 35.5. The lowest BCUT2D eigenvalue weighted by Gasteiger charge is -2.11. The van der Waals surface area contributed by atoms with Crippen molar-refractivity contribution in [3.05, 3.63) is 75.3 Å². The summed E-state index contributed by atoms with van der Waals surface area (Å²) in [6.45, 7) is 6.14. The zero-order valence-electron chi connectivity index (χ0n) is 22.1. The number of hydrogen-bond donors (Lipinski definition) is 2. The standard InChI is InChI=1S/C27H24ClF2N7O3S/c1-4-37-14(3)17(11-32-37)16-10-19(24(29)30)33-27-21(16)22(23(41-27)25(31)38)34-26(39)18-7-8-36(35-18)12-40-20-6-5-15(28)9-13(20)2/h5-11,24H,4,12H2,1-3H3,(H2,31,38)(H,34,39).